The average molecular weight is 530 g/mol. The van der Waals surface area contributed by atoms with Gasteiger partial charge in [0.15, 0.2) is 0 Å². The highest BCUT2D eigenvalue weighted by atomic mass is 35.5. The fraction of sp³-hybridized carbons (Fsp3) is 0.370. The summed E-state index contributed by atoms with van der Waals surface area (Å²) in [4.78, 5) is 42.0. The van der Waals surface area contributed by atoms with E-state index in [-0.39, 0.29) is 27.7 Å². The molecule has 0 radical (unpaired) electrons. The lowest BCUT2D eigenvalue weighted by atomic mass is 9.79. The van der Waals surface area contributed by atoms with Crippen LogP contribution in [0.15, 0.2) is 35.9 Å². The fourth-order valence-corrected chi connectivity index (χ4v) is 5.65. The zero-order valence-electron chi connectivity index (χ0n) is 20.9. The van der Waals surface area contributed by atoms with Gasteiger partial charge in [-0.3, -0.25) is 14.9 Å². The van der Waals surface area contributed by atoms with Crippen LogP contribution in [0, 0.1) is 0 Å². The normalized spacial score (nSPS) is 20.5. The van der Waals surface area contributed by atoms with Crippen LogP contribution in [-0.2, 0) is 9.59 Å². The van der Waals surface area contributed by atoms with E-state index in [1.807, 2.05) is 12.1 Å². The first kappa shape index (κ1) is 26.0. The Hall–Kier alpha value is -3.03. The van der Waals surface area contributed by atoms with Crippen LogP contribution in [0.5, 0.6) is 5.75 Å². The summed E-state index contributed by atoms with van der Waals surface area (Å²) in [6, 6.07) is 7.46. The number of carbonyl (C=O) groups is 3. The monoisotopic (exact) mass is 529 g/mol. The Morgan fingerprint density at radius 1 is 1.14 bits per heavy atom. The molecule has 9 heteroatoms. The van der Waals surface area contributed by atoms with Crippen LogP contribution in [0.3, 0.4) is 0 Å². The van der Waals surface area contributed by atoms with Gasteiger partial charge in [-0.15, -0.1) is 0 Å². The molecule has 7 nitrogen and oxygen atoms in total. The molecular weight excluding hydrogens is 501 g/mol. The van der Waals surface area contributed by atoms with Crippen molar-refractivity contribution in [2.75, 3.05) is 23.5 Å². The van der Waals surface area contributed by atoms with Crippen LogP contribution in [0.4, 0.5) is 16.2 Å². The number of fused-ring (bicyclic) bond motifs is 1. The minimum absolute atomic E-state index is 0.0225. The maximum Gasteiger partial charge on any atom is 0.335 e. The van der Waals surface area contributed by atoms with Crippen LogP contribution in [0.1, 0.15) is 57.6 Å². The summed E-state index contributed by atoms with van der Waals surface area (Å²) in [5, 5.41) is 2.70. The number of hydrogen-bond donors (Lipinski definition) is 1. The Kier molecular flexibility index (Phi) is 7.08. The number of benzene rings is 2. The summed E-state index contributed by atoms with van der Waals surface area (Å²) in [5.74, 6) is -0.781. The van der Waals surface area contributed by atoms with Gasteiger partial charge in [-0.25, -0.2) is 9.69 Å². The van der Waals surface area contributed by atoms with Gasteiger partial charge in [0.25, 0.3) is 11.8 Å². The van der Waals surface area contributed by atoms with E-state index in [1.54, 1.807) is 7.11 Å². The molecule has 190 valence electrons. The first-order valence-electron chi connectivity index (χ1n) is 11.8. The molecule has 4 amide bonds. The molecule has 1 N–H and O–H groups in total. The number of amides is 4. The molecule has 36 heavy (non-hydrogen) atoms. The number of anilines is 2. The average Bonchev–Trinajstić information content (AvgIpc) is 2.80. The van der Waals surface area contributed by atoms with Crippen molar-refractivity contribution in [3.05, 3.63) is 57.1 Å². The number of barbiturate groups is 1. The minimum atomic E-state index is -0.880. The van der Waals surface area contributed by atoms with Gasteiger partial charge in [-0.2, -0.15) is 0 Å². The SMILES string of the molecule is CCCN1c2cc(OC)c(/C=C3/C(=O)NC(=O)N(c4ccc(Cl)cc4Cl)C3=O)cc2C(C)CC1(C)C. The molecule has 1 atom stereocenters. The number of imide groups is 2. The fourth-order valence-electron chi connectivity index (χ4n) is 5.16. The van der Waals surface area contributed by atoms with Crippen LogP contribution in [-0.4, -0.2) is 37.0 Å². The number of methoxy groups -OCH3 is 1. The summed E-state index contributed by atoms with van der Waals surface area (Å²) >= 11 is 12.2. The largest absolute Gasteiger partial charge is 0.496 e. The Labute approximate surface area is 221 Å². The zero-order chi connectivity index (χ0) is 26.4. The quantitative estimate of drug-likeness (QED) is 0.370. The zero-order valence-corrected chi connectivity index (χ0v) is 22.5. The van der Waals surface area contributed by atoms with Crippen LogP contribution >= 0.6 is 23.2 Å². The molecule has 2 heterocycles. The van der Waals surface area contributed by atoms with Gasteiger partial charge in [0.2, 0.25) is 0 Å². The van der Waals surface area contributed by atoms with Gasteiger partial charge in [0, 0.05) is 34.4 Å². The highest BCUT2D eigenvalue weighted by Crippen LogP contribution is 2.46. The highest BCUT2D eigenvalue weighted by Gasteiger charge is 2.39. The number of hydrogen-bond acceptors (Lipinski definition) is 5. The van der Waals surface area contributed by atoms with E-state index in [0.29, 0.717) is 16.3 Å². The molecule has 0 saturated carbocycles. The van der Waals surface area contributed by atoms with E-state index in [9.17, 15) is 14.4 Å². The number of halogens is 2. The topological polar surface area (TPSA) is 79.0 Å². The molecule has 1 fully saturated rings. The predicted molar refractivity (Wildman–Crippen MR) is 143 cm³/mol. The first-order chi connectivity index (χ1) is 17.0. The molecule has 1 saturated heterocycles. The number of carbonyl (C=O) groups excluding carboxylic acids is 3. The molecule has 0 spiro atoms. The van der Waals surface area contributed by atoms with Crippen molar-refractivity contribution in [3.8, 4) is 5.75 Å². The van der Waals surface area contributed by atoms with Crippen molar-refractivity contribution in [1.82, 2.24) is 5.32 Å². The number of nitrogens with zero attached hydrogens (tertiary/aromatic N) is 2. The second-order valence-corrected chi connectivity index (χ2v) is 10.6. The smallest absolute Gasteiger partial charge is 0.335 e. The molecule has 2 aliphatic heterocycles. The van der Waals surface area contributed by atoms with E-state index in [4.69, 9.17) is 27.9 Å². The Morgan fingerprint density at radius 2 is 1.86 bits per heavy atom. The molecule has 1 unspecified atom stereocenters. The molecule has 2 aliphatic rings. The summed E-state index contributed by atoms with van der Waals surface area (Å²) in [5.41, 5.74) is 2.69. The van der Waals surface area contributed by atoms with Gasteiger partial charge < -0.3 is 9.64 Å². The van der Waals surface area contributed by atoms with Crippen molar-refractivity contribution in [2.24, 2.45) is 0 Å². The second kappa shape index (κ2) is 9.79. The third-order valence-electron chi connectivity index (χ3n) is 6.74. The Balaban J connectivity index is 1.82. The van der Waals surface area contributed by atoms with Crippen LogP contribution < -0.4 is 19.9 Å². The lowest BCUT2D eigenvalue weighted by Crippen LogP contribution is -2.54. The maximum atomic E-state index is 13.4. The highest BCUT2D eigenvalue weighted by molar-refractivity contribution is 6.42. The lowest BCUT2D eigenvalue weighted by molar-refractivity contribution is -0.122. The number of nitrogens with one attached hydrogen (secondary N) is 1. The maximum absolute atomic E-state index is 13.4. The van der Waals surface area contributed by atoms with Crippen molar-refractivity contribution in [2.45, 2.75) is 52.0 Å². The van der Waals surface area contributed by atoms with Crippen molar-refractivity contribution >= 4 is 58.5 Å². The Morgan fingerprint density at radius 3 is 2.50 bits per heavy atom. The van der Waals surface area contributed by atoms with E-state index in [1.165, 1.54) is 24.3 Å². The van der Waals surface area contributed by atoms with Gasteiger partial charge in [-0.1, -0.05) is 37.0 Å². The predicted octanol–water partition coefficient (Wildman–Crippen LogP) is 6.17. The third-order valence-corrected chi connectivity index (χ3v) is 7.27. The van der Waals surface area contributed by atoms with E-state index >= 15 is 0 Å². The first-order valence-corrected chi connectivity index (χ1v) is 12.6. The van der Waals surface area contributed by atoms with Gasteiger partial charge in [0.05, 0.1) is 17.8 Å². The molecule has 0 bridgehead atoms. The lowest BCUT2D eigenvalue weighted by Gasteiger charge is -2.48. The second-order valence-electron chi connectivity index (χ2n) is 9.78. The third kappa shape index (κ3) is 4.58. The van der Waals surface area contributed by atoms with Crippen molar-refractivity contribution < 1.29 is 19.1 Å². The number of rotatable bonds is 5. The van der Waals surface area contributed by atoms with Crippen LogP contribution in [0.25, 0.3) is 6.08 Å². The summed E-state index contributed by atoms with van der Waals surface area (Å²) in [6.45, 7) is 9.70. The molecule has 0 aliphatic carbocycles. The molecular formula is C27H29Cl2N3O4. The van der Waals surface area contributed by atoms with E-state index in [0.717, 1.165) is 35.5 Å². The van der Waals surface area contributed by atoms with Crippen molar-refractivity contribution in [1.29, 1.82) is 0 Å². The summed E-state index contributed by atoms with van der Waals surface area (Å²) in [6.07, 6.45) is 3.42. The standard InChI is InChI=1S/C27H29Cl2N3O4/c1-6-9-31-22-13-23(36-5)16(10-18(22)15(2)14-27(31,3)4)11-19-24(33)30-26(35)32(25(19)34)21-8-7-17(28)12-20(21)29/h7-8,10-13,15H,6,9,14H2,1-5H3,(H,30,33,35)/b19-11-. The number of urea groups is 1. The summed E-state index contributed by atoms with van der Waals surface area (Å²) < 4.78 is 5.69. The summed E-state index contributed by atoms with van der Waals surface area (Å²) in [7, 11) is 1.55. The van der Waals surface area contributed by atoms with Crippen LogP contribution in [0.2, 0.25) is 10.0 Å². The number of ether oxygens (including phenoxy) is 1. The van der Waals surface area contributed by atoms with Gasteiger partial charge in [-0.05, 0) is 68.5 Å². The molecule has 0 aromatic heterocycles. The Bertz CT molecular complexity index is 1290. The van der Waals surface area contributed by atoms with Gasteiger partial charge in [0.1, 0.15) is 11.3 Å². The molecule has 2 aromatic carbocycles. The van der Waals surface area contributed by atoms with E-state index < -0.39 is 17.8 Å². The minimum Gasteiger partial charge on any atom is -0.496 e. The van der Waals surface area contributed by atoms with Crippen molar-refractivity contribution in [3.63, 3.8) is 0 Å². The molecule has 2 aromatic rings. The van der Waals surface area contributed by atoms with E-state index in [2.05, 4.69) is 37.9 Å². The van der Waals surface area contributed by atoms with Gasteiger partial charge >= 0.3 is 6.03 Å². The molecule has 4 rings (SSSR count).